The van der Waals surface area contributed by atoms with Crippen LogP contribution < -0.4 is 0 Å². The Morgan fingerprint density at radius 1 is 1.00 bits per heavy atom. The summed E-state index contributed by atoms with van der Waals surface area (Å²) in [5.41, 5.74) is 1.83. The van der Waals surface area contributed by atoms with Gasteiger partial charge in [-0.15, -0.1) is 0 Å². The number of aryl methyl sites for hydroxylation is 1. The Morgan fingerprint density at radius 3 is 2.50 bits per heavy atom. The molecule has 2 nitrogen and oxygen atoms in total. The van der Waals surface area contributed by atoms with Crippen molar-refractivity contribution >= 4 is 28.3 Å². The highest BCUT2D eigenvalue weighted by molar-refractivity contribution is 6.35. The SMILES string of the molecule is O=C(CCn1cc(Cl)c2ccccc21)c1ccccc1. The zero-order chi connectivity index (χ0) is 13.9. The van der Waals surface area contributed by atoms with Crippen LogP contribution in [0.4, 0.5) is 0 Å². The topological polar surface area (TPSA) is 22.0 Å². The number of para-hydroxylation sites is 1. The number of carbonyl (C=O) groups excluding carboxylic acids is 1. The van der Waals surface area contributed by atoms with E-state index in [2.05, 4.69) is 0 Å². The van der Waals surface area contributed by atoms with Crippen LogP contribution in [0.25, 0.3) is 10.9 Å². The fourth-order valence-corrected chi connectivity index (χ4v) is 2.65. The third-order valence-electron chi connectivity index (χ3n) is 3.42. The minimum atomic E-state index is 0.152. The number of fused-ring (bicyclic) bond motifs is 1. The zero-order valence-corrected chi connectivity index (χ0v) is 11.7. The van der Waals surface area contributed by atoms with Crippen LogP contribution in [0.3, 0.4) is 0 Å². The maximum Gasteiger partial charge on any atom is 0.164 e. The molecule has 100 valence electrons. The van der Waals surface area contributed by atoms with Gasteiger partial charge in [-0.1, -0.05) is 60.1 Å². The van der Waals surface area contributed by atoms with Crippen LogP contribution >= 0.6 is 11.6 Å². The van der Waals surface area contributed by atoms with Crippen molar-refractivity contribution in [2.75, 3.05) is 0 Å². The second kappa shape index (κ2) is 5.51. The molecule has 0 fully saturated rings. The first-order valence-corrected chi connectivity index (χ1v) is 6.95. The number of halogens is 1. The average Bonchev–Trinajstić information content (AvgIpc) is 2.83. The highest BCUT2D eigenvalue weighted by Gasteiger charge is 2.09. The number of rotatable bonds is 4. The highest BCUT2D eigenvalue weighted by Crippen LogP contribution is 2.25. The third-order valence-corrected chi connectivity index (χ3v) is 3.72. The lowest BCUT2D eigenvalue weighted by Gasteiger charge is -2.05. The van der Waals surface area contributed by atoms with E-state index < -0.39 is 0 Å². The molecule has 1 heterocycles. The summed E-state index contributed by atoms with van der Waals surface area (Å²) in [4.78, 5) is 12.1. The summed E-state index contributed by atoms with van der Waals surface area (Å²) in [6.45, 7) is 0.640. The first kappa shape index (κ1) is 12.9. The lowest BCUT2D eigenvalue weighted by Crippen LogP contribution is -2.05. The molecule has 20 heavy (non-hydrogen) atoms. The van der Waals surface area contributed by atoms with Crippen molar-refractivity contribution in [2.45, 2.75) is 13.0 Å². The van der Waals surface area contributed by atoms with E-state index in [1.165, 1.54) is 0 Å². The summed E-state index contributed by atoms with van der Waals surface area (Å²) in [6, 6.07) is 17.3. The fourth-order valence-electron chi connectivity index (χ4n) is 2.38. The molecule has 0 radical (unpaired) electrons. The molecular weight excluding hydrogens is 270 g/mol. The molecule has 3 aromatic rings. The number of Topliss-reactive ketones (excluding diaryl/α,β-unsaturated/α-hetero) is 1. The third kappa shape index (κ3) is 2.47. The van der Waals surface area contributed by atoms with Crippen LogP contribution in [0, 0.1) is 0 Å². The molecule has 3 rings (SSSR count). The van der Waals surface area contributed by atoms with Crippen molar-refractivity contribution in [3.05, 3.63) is 71.4 Å². The monoisotopic (exact) mass is 283 g/mol. The predicted molar refractivity (Wildman–Crippen MR) is 82.3 cm³/mol. The van der Waals surface area contributed by atoms with Crippen molar-refractivity contribution in [3.63, 3.8) is 0 Å². The molecule has 0 atom stereocenters. The normalized spacial score (nSPS) is 10.8. The smallest absolute Gasteiger partial charge is 0.164 e. The van der Waals surface area contributed by atoms with Gasteiger partial charge in [-0.25, -0.2) is 0 Å². The highest BCUT2D eigenvalue weighted by atomic mass is 35.5. The van der Waals surface area contributed by atoms with Gasteiger partial charge < -0.3 is 4.57 Å². The maximum absolute atomic E-state index is 12.1. The summed E-state index contributed by atoms with van der Waals surface area (Å²) in [5, 5.41) is 1.76. The lowest BCUT2D eigenvalue weighted by atomic mass is 10.1. The fraction of sp³-hybridized carbons (Fsp3) is 0.118. The number of carbonyl (C=O) groups is 1. The van der Waals surface area contributed by atoms with Gasteiger partial charge in [0.15, 0.2) is 5.78 Å². The Kier molecular flexibility index (Phi) is 3.57. The summed E-state index contributed by atoms with van der Waals surface area (Å²) in [7, 11) is 0. The van der Waals surface area contributed by atoms with Crippen LogP contribution in [0.5, 0.6) is 0 Å². The standard InChI is InChI=1S/C17H14ClNO/c18-15-12-19(16-9-5-4-8-14(15)16)11-10-17(20)13-6-2-1-3-7-13/h1-9,12H,10-11H2. The predicted octanol–water partition coefficient (Wildman–Crippen LogP) is 4.57. The van der Waals surface area contributed by atoms with Gasteiger partial charge in [0.2, 0.25) is 0 Å². The Balaban J connectivity index is 1.79. The van der Waals surface area contributed by atoms with Crippen LogP contribution in [0.15, 0.2) is 60.8 Å². The quantitative estimate of drug-likeness (QED) is 0.643. The lowest BCUT2D eigenvalue weighted by molar-refractivity contribution is 0.0977. The Hall–Kier alpha value is -2.06. The van der Waals surface area contributed by atoms with E-state index in [0.29, 0.717) is 13.0 Å². The van der Waals surface area contributed by atoms with E-state index in [1.54, 1.807) is 0 Å². The molecular formula is C17H14ClNO. The van der Waals surface area contributed by atoms with E-state index in [4.69, 9.17) is 11.6 Å². The van der Waals surface area contributed by atoms with Crippen LogP contribution in [-0.4, -0.2) is 10.4 Å². The Labute approximate surface area is 122 Å². The maximum atomic E-state index is 12.1. The first-order chi connectivity index (χ1) is 9.75. The van der Waals surface area contributed by atoms with E-state index >= 15 is 0 Å². The Bertz CT molecular complexity index is 746. The molecule has 2 aromatic carbocycles. The molecule has 0 saturated heterocycles. The van der Waals surface area contributed by atoms with Crippen molar-refractivity contribution in [1.82, 2.24) is 4.57 Å². The summed E-state index contributed by atoms with van der Waals surface area (Å²) < 4.78 is 2.04. The van der Waals surface area contributed by atoms with E-state index in [9.17, 15) is 4.79 Å². The van der Waals surface area contributed by atoms with E-state index in [-0.39, 0.29) is 5.78 Å². The van der Waals surface area contributed by atoms with Crippen LogP contribution in [0.2, 0.25) is 5.02 Å². The molecule has 0 aliphatic carbocycles. The number of aromatic nitrogens is 1. The number of benzene rings is 2. The Morgan fingerprint density at radius 2 is 1.70 bits per heavy atom. The molecule has 0 amide bonds. The number of hydrogen-bond donors (Lipinski definition) is 0. The van der Waals surface area contributed by atoms with Gasteiger partial charge in [0, 0.05) is 35.6 Å². The van der Waals surface area contributed by atoms with E-state index in [1.807, 2.05) is 65.4 Å². The van der Waals surface area contributed by atoms with Gasteiger partial charge in [-0.3, -0.25) is 4.79 Å². The number of ketones is 1. The van der Waals surface area contributed by atoms with Gasteiger partial charge >= 0.3 is 0 Å². The van der Waals surface area contributed by atoms with Crippen molar-refractivity contribution < 1.29 is 4.79 Å². The zero-order valence-electron chi connectivity index (χ0n) is 10.9. The van der Waals surface area contributed by atoms with E-state index in [0.717, 1.165) is 21.5 Å². The van der Waals surface area contributed by atoms with Gasteiger partial charge in [-0.05, 0) is 6.07 Å². The molecule has 0 aliphatic heterocycles. The van der Waals surface area contributed by atoms with Crippen molar-refractivity contribution in [1.29, 1.82) is 0 Å². The molecule has 0 N–H and O–H groups in total. The molecule has 0 spiro atoms. The van der Waals surface area contributed by atoms with Gasteiger partial charge in [0.05, 0.1) is 5.02 Å². The summed E-state index contributed by atoms with van der Waals surface area (Å²) in [5.74, 6) is 0.152. The second-order valence-electron chi connectivity index (χ2n) is 4.73. The van der Waals surface area contributed by atoms with Gasteiger partial charge in [-0.2, -0.15) is 0 Å². The van der Waals surface area contributed by atoms with Crippen molar-refractivity contribution in [3.8, 4) is 0 Å². The van der Waals surface area contributed by atoms with Gasteiger partial charge in [0.25, 0.3) is 0 Å². The largest absolute Gasteiger partial charge is 0.345 e. The molecule has 3 heteroatoms. The number of hydrogen-bond acceptors (Lipinski definition) is 1. The second-order valence-corrected chi connectivity index (χ2v) is 5.13. The first-order valence-electron chi connectivity index (χ1n) is 6.57. The minimum absolute atomic E-state index is 0.152. The summed E-state index contributed by atoms with van der Waals surface area (Å²) >= 11 is 6.20. The van der Waals surface area contributed by atoms with Crippen LogP contribution in [0.1, 0.15) is 16.8 Å². The summed E-state index contributed by atoms with van der Waals surface area (Å²) in [6.07, 6.45) is 2.36. The molecule has 0 saturated carbocycles. The average molecular weight is 284 g/mol. The molecule has 1 aromatic heterocycles. The van der Waals surface area contributed by atoms with Gasteiger partial charge in [0.1, 0.15) is 0 Å². The minimum Gasteiger partial charge on any atom is -0.345 e. The molecule has 0 bridgehead atoms. The molecule has 0 unspecified atom stereocenters. The van der Waals surface area contributed by atoms with Crippen molar-refractivity contribution in [2.24, 2.45) is 0 Å². The molecule has 0 aliphatic rings. The van der Waals surface area contributed by atoms with Crippen LogP contribution in [-0.2, 0) is 6.54 Å². The number of nitrogens with zero attached hydrogens (tertiary/aromatic N) is 1.